The maximum Gasteiger partial charge on any atom is 0.325 e. The summed E-state index contributed by atoms with van der Waals surface area (Å²) in [6.07, 6.45) is 4.61. The van der Waals surface area contributed by atoms with Gasteiger partial charge in [-0.05, 0) is 30.5 Å². The van der Waals surface area contributed by atoms with Crippen molar-refractivity contribution in [1.29, 1.82) is 0 Å². The average molecular weight is 433 g/mol. The van der Waals surface area contributed by atoms with Crippen LogP contribution >= 0.6 is 11.6 Å². The zero-order chi connectivity index (χ0) is 21.1. The predicted molar refractivity (Wildman–Crippen MR) is 114 cm³/mol. The van der Waals surface area contributed by atoms with Crippen LogP contribution in [0.25, 0.3) is 0 Å². The third-order valence-electron chi connectivity index (χ3n) is 6.52. The van der Waals surface area contributed by atoms with Gasteiger partial charge >= 0.3 is 6.03 Å². The van der Waals surface area contributed by atoms with Gasteiger partial charge in [0.25, 0.3) is 5.91 Å². The largest absolute Gasteiger partial charge is 0.340 e. The molecule has 1 saturated carbocycles. The van der Waals surface area contributed by atoms with Crippen molar-refractivity contribution in [3.05, 3.63) is 34.9 Å². The Morgan fingerprint density at radius 1 is 1.07 bits per heavy atom. The van der Waals surface area contributed by atoms with Crippen molar-refractivity contribution in [2.24, 2.45) is 0 Å². The van der Waals surface area contributed by atoms with Gasteiger partial charge in [0.2, 0.25) is 5.91 Å². The standard InChI is InChI=1S/C22H29ClN4O3/c23-18-6-4-5-17(15-18)16-25-11-13-26(14-12-25)19(28)7-10-27-20(29)22(24-21(27)30)8-2-1-3-9-22/h4-6,15H,1-3,7-14,16H2,(H,24,30). The van der Waals surface area contributed by atoms with E-state index in [2.05, 4.69) is 16.3 Å². The van der Waals surface area contributed by atoms with E-state index in [0.717, 1.165) is 49.5 Å². The average Bonchev–Trinajstić information content (AvgIpc) is 2.96. The lowest BCUT2D eigenvalue weighted by Crippen LogP contribution is -2.49. The number of amides is 4. The number of rotatable bonds is 5. The lowest BCUT2D eigenvalue weighted by Gasteiger charge is -2.35. The summed E-state index contributed by atoms with van der Waals surface area (Å²) < 4.78 is 0. The highest BCUT2D eigenvalue weighted by Crippen LogP contribution is 2.33. The summed E-state index contributed by atoms with van der Waals surface area (Å²) in [4.78, 5) is 43.2. The molecule has 0 radical (unpaired) electrons. The van der Waals surface area contributed by atoms with Crippen LogP contribution in [0, 0.1) is 0 Å². The third-order valence-corrected chi connectivity index (χ3v) is 6.76. The number of nitrogens with one attached hydrogen (secondary N) is 1. The molecule has 4 rings (SSSR count). The molecule has 30 heavy (non-hydrogen) atoms. The Labute approximate surface area is 182 Å². The number of urea groups is 1. The molecule has 3 aliphatic rings. The number of hydrogen-bond donors (Lipinski definition) is 1. The second-order valence-electron chi connectivity index (χ2n) is 8.57. The van der Waals surface area contributed by atoms with Crippen molar-refractivity contribution in [3.63, 3.8) is 0 Å². The summed E-state index contributed by atoms with van der Waals surface area (Å²) in [7, 11) is 0. The Balaban J connectivity index is 1.24. The molecule has 1 N–H and O–H groups in total. The number of carbonyl (C=O) groups excluding carboxylic acids is 3. The van der Waals surface area contributed by atoms with Gasteiger partial charge < -0.3 is 10.2 Å². The molecule has 0 unspecified atom stereocenters. The molecule has 2 aliphatic heterocycles. The van der Waals surface area contributed by atoms with Crippen LogP contribution in [0.3, 0.4) is 0 Å². The minimum absolute atomic E-state index is 0.00241. The first-order valence-corrected chi connectivity index (χ1v) is 11.2. The highest BCUT2D eigenvalue weighted by atomic mass is 35.5. The Hall–Kier alpha value is -2.12. The molecule has 3 fully saturated rings. The maximum atomic E-state index is 12.8. The van der Waals surface area contributed by atoms with Gasteiger partial charge in [0.05, 0.1) is 0 Å². The number of benzene rings is 1. The summed E-state index contributed by atoms with van der Waals surface area (Å²) >= 11 is 6.06. The zero-order valence-corrected chi connectivity index (χ0v) is 18.0. The summed E-state index contributed by atoms with van der Waals surface area (Å²) in [5.41, 5.74) is 0.446. The van der Waals surface area contributed by atoms with Gasteiger partial charge in [-0.3, -0.25) is 19.4 Å². The van der Waals surface area contributed by atoms with Crippen LogP contribution in [-0.2, 0) is 16.1 Å². The van der Waals surface area contributed by atoms with Crippen molar-refractivity contribution in [2.45, 2.75) is 50.6 Å². The summed E-state index contributed by atoms with van der Waals surface area (Å²) in [6, 6.07) is 7.49. The second kappa shape index (κ2) is 8.94. The van der Waals surface area contributed by atoms with Crippen LogP contribution < -0.4 is 5.32 Å². The lowest BCUT2D eigenvalue weighted by atomic mass is 9.82. The highest BCUT2D eigenvalue weighted by molar-refractivity contribution is 6.30. The highest BCUT2D eigenvalue weighted by Gasteiger charge is 2.51. The monoisotopic (exact) mass is 432 g/mol. The molecule has 162 valence electrons. The van der Waals surface area contributed by atoms with Crippen LogP contribution in [0.2, 0.25) is 5.02 Å². The molecular weight excluding hydrogens is 404 g/mol. The van der Waals surface area contributed by atoms with E-state index in [4.69, 9.17) is 11.6 Å². The first-order valence-electron chi connectivity index (χ1n) is 10.9. The number of nitrogens with zero attached hydrogens (tertiary/aromatic N) is 3. The maximum absolute atomic E-state index is 12.8. The first kappa shape index (κ1) is 21.1. The van der Waals surface area contributed by atoms with E-state index in [9.17, 15) is 14.4 Å². The molecule has 1 aliphatic carbocycles. The van der Waals surface area contributed by atoms with Crippen molar-refractivity contribution in [2.75, 3.05) is 32.7 Å². The fourth-order valence-electron chi connectivity index (χ4n) is 4.79. The van der Waals surface area contributed by atoms with E-state index in [1.54, 1.807) is 0 Å². The Bertz CT molecular complexity index is 816. The van der Waals surface area contributed by atoms with E-state index < -0.39 is 5.54 Å². The van der Waals surface area contributed by atoms with E-state index in [-0.39, 0.29) is 30.8 Å². The Morgan fingerprint density at radius 3 is 2.50 bits per heavy atom. The normalized spacial score (nSPS) is 21.9. The van der Waals surface area contributed by atoms with Crippen LogP contribution in [0.1, 0.15) is 44.1 Å². The molecule has 1 aromatic rings. The van der Waals surface area contributed by atoms with E-state index in [1.807, 2.05) is 23.1 Å². The van der Waals surface area contributed by atoms with Crippen molar-refractivity contribution >= 4 is 29.4 Å². The molecule has 0 aromatic heterocycles. The third kappa shape index (κ3) is 4.47. The van der Waals surface area contributed by atoms with Gasteiger partial charge in [0.15, 0.2) is 0 Å². The SMILES string of the molecule is O=C(CCN1C(=O)NC2(CCCCC2)C1=O)N1CCN(Cc2cccc(Cl)c2)CC1. The quantitative estimate of drug-likeness (QED) is 0.726. The molecule has 2 heterocycles. The van der Waals surface area contributed by atoms with Gasteiger partial charge in [-0.25, -0.2) is 4.79 Å². The lowest BCUT2D eigenvalue weighted by molar-refractivity contribution is -0.135. The van der Waals surface area contributed by atoms with Gasteiger partial charge in [0.1, 0.15) is 5.54 Å². The fourth-order valence-corrected chi connectivity index (χ4v) is 5.00. The van der Waals surface area contributed by atoms with Gasteiger partial charge in [-0.2, -0.15) is 0 Å². The first-order chi connectivity index (χ1) is 14.5. The molecule has 8 heteroatoms. The Kier molecular flexibility index (Phi) is 6.29. The molecule has 0 atom stereocenters. The number of piperazine rings is 1. The fraction of sp³-hybridized carbons (Fsp3) is 0.591. The van der Waals surface area contributed by atoms with Gasteiger partial charge in [0, 0.05) is 50.7 Å². The van der Waals surface area contributed by atoms with Crippen LogP contribution in [0.4, 0.5) is 4.79 Å². The predicted octanol–water partition coefficient (Wildman–Crippen LogP) is 2.63. The van der Waals surface area contributed by atoms with Crippen LogP contribution in [-0.4, -0.2) is 70.8 Å². The molecule has 1 spiro atoms. The number of carbonyl (C=O) groups is 3. The summed E-state index contributed by atoms with van der Waals surface area (Å²) in [5, 5.41) is 3.63. The molecule has 4 amide bonds. The Morgan fingerprint density at radius 2 is 1.80 bits per heavy atom. The van der Waals surface area contributed by atoms with E-state index in [0.29, 0.717) is 25.9 Å². The zero-order valence-electron chi connectivity index (χ0n) is 17.2. The number of imide groups is 1. The molecule has 1 aromatic carbocycles. The minimum atomic E-state index is -0.718. The van der Waals surface area contributed by atoms with Crippen molar-refractivity contribution in [3.8, 4) is 0 Å². The number of halogens is 1. The van der Waals surface area contributed by atoms with Gasteiger partial charge in [-0.15, -0.1) is 0 Å². The van der Waals surface area contributed by atoms with E-state index in [1.165, 1.54) is 4.90 Å². The molecule has 2 saturated heterocycles. The topological polar surface area (TPSA) is 73.0 Å². The minimum Gasteiger partial charge on any atom is -0.340 e. The molecule has 7 nitrogen and oxygen atoms in total. The summed E-state index contributed by atoms with van der Waals surface area (Å²) in [6.45, 7) is 3.88. The summed E-state index contributed by atoms with van der Waals surface area (Å²) in [5.74, 6) is -0.144. The molecular formula is C22H29ClN4O3. The van der Waals surface area contributed by atoms with Gasteiger partial charge in [-0.1, -0.05) is 43.0 Å². The smallest absolute Gasteiger partial charge is 0.325 e. The number of hydrogen-bond acceptors (Lipinski definition) is 4. The van der Waals surface area contributed by atoms with Crippen LogP contribution in [0.15, 0.2) is 24.3 Å². The van der Waals surface area contributed by atoms with Crippen LogP contribution in [0.5, 0.6) is 0 Å². The van der Waals surface area contributed by atoms with Crippen molar-refractivity contribution in [1.82, 2.24) is 20.0 Å². The second-order valence-corrected chi connectivity index (χ2v) is 9.00. The van der Waals surface area contributed by atoms with E-state index >= 15 is 0 Å². The molecule has 0 bridgehead atoms. The van der Waals surface area contributed by atoms with Crippen molar-refractivity contribution < 1.29 is 14.4 Å².